The minimum absolute atomic E-state index is 0.361. The molecule has 1 rings (SSSR count). The van der Waals surface area contributed by atoms with E-state index >= 15 is 0 Å². The summed E-state index contributed by atoms with van der Waals surface area (Å²) < 4.78 is 24.0. The molecule has 0 saturated carbocycles. The zero-order valence-corrected chi connectivity index (χ0v) is 8.15. The van der Waals surface area contributed by atoms with Gasteiger partial charge in [0.25, 0.3) is 0 Å². The van der Waals surface area contributed by atoms with Crippen LogP contribution >= 0.6 is 12.2 Å². The smallest absolute Gasteiger partial charge is 0.209 e. The quantitative estimate of drug-likeness (QED) is 0.661. The topological polar surface area (TPSA) is 46.2 Å². The van der Waals surface area contributed by atoms with E-state index in [1.54, 1.807) is 24.3 Å². The van der Waals surface area contributed by atoms with Crippen LogP contribution in [0.1, 0.15) is 0 Å². The molecule has 0 radical (unpaired) electrons. The third kappa shape index (κ3) is 2.84. The van der Waals surface area contributed by atoms with E-state index in [2.05, 4.69) is 4.72 Å². The first-order valence-electron chi connectivity index (χ1n) is 3.35. The lowest BCUT2D eigenvalue weighted by Crippen LogP contribution is -2.37. The monoisotopic (exact) mass is 203 g/mol. The molecule has 0 spiro atoms. The molecule has 1 N–H and O–H groups in total. The molecule has 0 bridgehead atoms. The fourth-order valence-electron chi connectivity index (χ4n) is 0.852. The Morgan fingerprint density at radius 2 is 2.17 bits per heavy atom. The summed E-state index contributed by atoms with van der Waals surface area (Å²) in [6.07, 6.45) is 8.07. The molecular weight excluding hydrogens is 194 g/mol. The molecule has 0 aromatic heterocycles. The van der Waals surface area contributed by atoms with Gasteiger partial charge in [0.1, 0.15) is 0 Å². The molecule has 66 valence electrons. The van der Waals surface area contributed by atoms with E-state index in [1.165, 1.54) is 0 Å². The molecule has 0 saturated heterocycles. The van der Waals surface area contributed by atoms with Crippen LogP contribution in [-0.2, 0) is 10.0 Å². The maximum absolute atomic E-state index is 10.8. The van der Waals surface area contributed by atoms with Gasteiger partial charge in [0, 0.05) is 4.86 Å². The average molecular weight is 203 g/mol. The van der Waals surface area contributed by atoms with E-state index in [0.29, 0.717) is 4.86 Å². The second-order valence-corrected chi connectivity index (χ2v) is 4.77. The molecule has 1 atom stereocenters. The standard InChI is InChI=1S/C7H9NO2S2/c1-12(9,10)8-6-4-2-3-5-7(6)11/h2-6,8H,1H3. The maximum atomic E-state index is 10.8. The summed E-state index contributed by atoms with van der Waals surface area (Å²) in [4.78, 5) is 0.586. The van der Waals surface area contributed by atoms with Crippen molar-refractivity contribution >= 4 is 27.1 Å². The van der Waals surface area contributed by atoms with Crippen molar-refractivity contribution in [3.8, 4) is 0 Å². The Morgan fingerprint density at radius 3 is 2.67 bits per heavy atom. The minimum Gasteiger partial charge on any atom is -0.213 e. The summed E-state index contributed by atoms with van der Waals surface area (Å²) in [5.74, 6) is 0. The molecule has 0 fully saturated rings. The summed E-state index contributed by atoms with van der Waals surface area (Å²) in [5, 5.41) is 0. The lowest BCUT2D eigenvalue weighted by Gasteiger charge is -2.13. The fraction of sp³-hybridized carbons (Fsp3) is 0.286. The van der Waals surface area contributed by atoms with Gasteiger partial charge in [-0.2, -0.15) is 0 Å². The first kappa shape index (κ1) is 9.57. The summed E-state index contributed by atoms with van der Waals surface area (Å²) in [6.45, 7) is 0. The van der Waals surface area contributed by atoms with Crippen molar-refractivity contribution in [1.29, 1.82) is 0 Å². The highest BCUT2D eigenvalue weighted by molar-refractivity contribution is 7.89. The van der Waals surface area contributed by atoms with Crippen molar-refractivity contribution in [3.63, 3.8) is 0 Å². The zero-order valence-electron chi connectivity index (χ0n) is 6.52. The molecule has 0 amide bonds. The van der Waals surface area contributed by atoms with Crippen molar-refractivity contribution in [2.75, 3.05) is 6.26 Å². The van der Waals surface area contributed by atoms with Crippen molar-refractivity contribution in [2.45, 2.75) is 6.04 Å². The molecule has 0 heterocycles. The van der Waals surface area contributed by atoms with E-state index < -0.39 is 10.0 Å². The van der Waals surface area contributed by atoms with E-state index in [0.717, 1.165) is 6.26 Å². The molecule has 5 heteroatoms. The van der Waals surface area contributed by atoms with Crippen molar-refractivity contribution in [2.24, 2.45) is 0 Å². The summed E-state index contributed by atoms with van der Waals surface area (Å²) in [5.41, 5.74) is 0. The van der Waals surface area contributed by atoms with E-state index in [1.807, 2.05) is 0 Å². The number of nitrogens with one attached hydrogen (secondary N) is 1. The number of sulfonamides is 1. The van der Waals surface area contributed by atoms with Gasteiger partial charge in [0.2, 0.25) is 10.0 Å². The molecule has 0 aromatic carbocycles. The van der Waals surface area contributed by atoms with Crippen LogP contribution in [-0.4, -0.2) is 25.6 Å². The van der Waals surface area contributed by atoms with Gasteiger partial charge >= 0.3 is 0 Å². The van der Waals surface area contributed by atoms with E-state index in [-0.39, 0.29) is 6.04 Å². The Labute approximate surface area is 77.2 Å². The van der Waals surface area contributed by atoms with Gasteiger partial charge in [-0.1, -0.05) is 30.4 Å². The van der Waals surface area contributed by atoms with Gasteiger partial charge in [-0.3, -0.25) is 0 Å². The van der Waals surface area contributed by atoms with Gasteiger partial charge in [-0.25, -0.2) is 13.1 Å². The predicted octanol–water partition coefficient (Wildman–Crippen LogP) is 0.400. The number of rotatable bonds is 2. The normalized spacial score (nSPS) is 23.1. The summed E-state index contributed by atoms with van der Waals surface area (Å²) in [6, 6.07) is -0.361. The molecule has 12 heavy (non-hydrogen) atoms. The summed E-state index contributed by atoms with van der Waals surface area (Å²) >= 11 is 4.93. The Hall–Kier alpha value is -0.520. The first-order valence-corrected chi connectivity index (χ1v) is 5.65. The number of allylic oxidation sites excluding steroid dienone is 2. The second kappa shape index (κ2) is 3.47. The molecule has 3 nitrogen and oxygen atoms in total. The number of hydrogen-bond acceptors (Lipinski definition) is 3. The van der Waals surface area contributed by atoms with E-state index in [9.17, 15) is 8.42 Å². The van der Waals surface area contributed by atoms with Gasteiger partial charge in [0.05, 0.1) is 12.3 Å². The van der Waals surface area contributed by atoms with Crippen LogP contribution in [0, 0.1) is 0 Å². The summed E-state index contributed by atoms with van der Waals surface area (Å²) in [7, 11) is -3.18. The third-order valence-corrected chi connectivity index (χ3v) is 2.39. The SMILES string of the molecule is CS(=O)(=O)NC1C=CC=CC1=S. The fourth-order valence-corrected chi connectivity index (χ4v) is 1.81. The molecule has 1 aliphatic rings. The molecule has 1 aliphatic carbocycles. The Kier molecular flexibility index (Phi) is 2.76. The number of hydrogen-bond donors (Lipinski definition) is 1. The van der Waals surface area contributed by atoms with Crippen LogP contribution in [0.4, 0.5) is 0 Å². The lowest BCUT2D eigenvalue weighted by atomic mass is 10.1. The van der Waals surface area contributed by atoms with Crippen LogP contribution in [0.15, 0.2) is 24.3 Å². The van der Waals surface area contributed by atoms with Gasteiger partial charge < -0.3 is 0 Å². The Bertz CT molecular complexity index is 340. The molecule has 1 unspecified atom stereocenters. The molecular formula is C7H9NO2S2. The van der Waals surface area contributed by atoms with Crippen LogP contribution in [0.2, 0.25) is 0 Å². The van der Waals surface area contributed by atoms with Gasteiger partial charge in [-0.15, -0.1) is 0 Å². The van der Waals surface area contributed by atoms with Crippen LogP contribution in [0.25, 0.3) is 0 Å². The van der Waals surface area contributed by atoms with Crippen molar-refractivity contribution < 1.29 is 8.42 Å². The average Bonchev–Trinajstić information content (AvgIpc) is 1.91. The number of thiocarbonyl (C=S) groups is 1. The zero-order chi connectivity index (χ0) is 9.19. The van der Waals surface area contributed by atoms with Crippen molar-refractivity contribution in [1.82, 2.24) is 4.72 Å². The van der Waals surface area contributed by atoms with Crippen LogP contribution in [0.3, 0.4) is 0 Å². The van der Waals surface area contributed by atoms with Crippen LogP contribution < -0.4 is 4.72 Å². The second-order valence-electron chi connectivity index (χ2n) is 2.51. The highest BCUT2D eigenvalue weighted by Crippen LogP contribution is 2.02. The Morgan fingerprint density at radius 1 is 1.50 bits per heavy atom. The highest BCUT2D eigenvalue weighted by Gasteiger charge is 2.14. The van der Waals surface area contributed by atoms with Gasteiger partial charge in [0.15, 0.2) is 0 Å². The van der Waals surface area contributed by atoms with E-state index in [4.69, 9.17) is 12.2 Å². The van der Waals surface area contributed by atoms with Crippen LogP contribution in [0.5, 0.6) is 0 Å². The lowest BCUT2D eigenvalue weighted by molar-refractivity contribution is 0.588. The minimum atomic E-state index is -3.18. The predicted molar refractivity (Wildman–Crippen MR) is 52.6 cm³/mol. The maximum Gasteiger partial charge on any atom is 0.209 e. The molecule has 0 aliphatic heterocycles. The van der Waals surface area contributed by atoms with Gasteiger partial charge in [-0.05, 0) is 6.08 Å². The molecule has 0 aromatic rings. The Balaban J connectivity index is 2.72. The largest absolute Gasteiger partial charge is 0.213 e. The first-order chi connectivity index (χ1) is 5.49. The van der Waals surface area contributed by atoms with Crippen molar-refractivity contribution in [3.05, 3.63) is 24.3 Å². The highest BCUT2D eigenvalue weighted by atomic mass is 32.2. The third-order valence-electron chi connectivity index (χ3n) is 1.32.